The van der Waals surface area contributed by atoms with E-state index in [0.717, 1.165) is 50.4 Å². The molecule has 2 aromatic heterocycles. The van der Waals surface area contributed by atoms with E-state index in [-0.39, 0.29) is 5.91 Å². The quantitative estimate of drug-likeness (QED) is 0.385. The zero-order valence-corrected chi connectivity index (χ0v) is 16.9. The van der Waals surface area contributed by atoms with Crippen LogP contribution in [0.1, 0.15) is 23.2 Å². The molecule has 2 heterocycles. The molecule has 0 aliphatic rings. The Bertz CT molecular complexity index is 1150. The highest BCUT2D eigenvalue weighted by Gasteiger charge is 2.15. The second kappa shape index (κ2) is 8.12. The molecule has 0 aliphatic carbocycles. The fourth-order valence-corrected chi connectivity index (χ4v) is 3.73. The van der Waals surface area contributed by atoms with E-state index in [2.05, 4.69) is 32.3 Å². The first kappa shape index (κ1) is 18.7. The van der Waals surface area contributed by atoms with Gasteiger partial charge in [-0.15, -0.1) is 0 Å². The maximum atomic E-state index is 12.9. The molecule has 4 N–H and O–H groups in total. The van der Waals surface area contributed by atoms with Crippen LogP contribution in [0.15, 0.2) is 59.2 Å². The minimum absolute atomic E-state index is 0.0853. The van der Waals surface area contributed by atoms with Crippen molar-refractivity contribution in [1.82, 2.24) is 15.3 Å². The number of amides is 1. The summed E-state index contributed by atoms with van der Waals surface area (Å²) in [5.74, 6) is -0.0853. The third kappa shape index (κ3) is 3.66. The molecular weight excluding hydrogens is 416 g/mol. The lowest BCUT2D eigenvalue weighted by Crippen LogP contribution is -2.25. The van der Waals surface area contributed by atoms with Crippen LogP contribution in [0.2, 0.25) is 0 Å². The van der Waals surface area contributed by atoms with Crippen molar-refractivity contribution < 1.29 is 4.79 Å². The van der Waals surface area contributed by atoms with E-state index in [9.17, 15) is 4.79 Å². The Kier molecular flexibility index (Phi) is 5.41. The molecule has 0 saturated carbocycles. The first-order valence-electron chi connectivity index (χ1n) is 9.32. The minimum Gasteiger partial charge on any atom is -0.360 e. The van der Waals surface area contributed by atoms with Crippen molar-refractivity contribution in [3.63, 3.8) is 0 Å². The number of fused-ring (bicyclic) bond motifs is 2. The molecule has 1 amide bonds. The van der Waals surface area contributed by atoms with E-state index in [0.29, 0.717) is 18.7 Å². The number of benzene rings is 2. The van der Waals surface area contributed by atoms with E-state index in [1.54, 1.807) is 0 Å². The standard InChI is InChI=1S/C22H21BrN4O/c23-14-7-8-19-16(11-14)18(13-26-19)21-12-17(22(28)25-10-4-3-9-24)15-5-1-2-6-20(15)27-21/h1-2,5-8,11-13,26H,3-4,9-10,24H2,(H,25,28). The predicted octanol–water partition coefficient (Wildman–Crippen LogP) is 4.61. The third-order valence-electron chi connectivity index (χ3n) is 4.80. The largest absolute Gasteiger partial charge is 0.360 e. The first-order valence-corrected chi connectivity index (χ1v) is 10.1. The molecule has 142 valence electrons. The van der Waals surface area contributed by atoms with E-state index in [1.807, 2.05) is 48.7 Å². The van der Waals surface area contributed by atoms with Crippen LogP contribution in [0.25, 0.3) is 33.1 Å². The van der Waals surface area contributed by atoms with Crippen molar-refractivity contribution in [2.75, 3.05) is 13.1 Å². The van der Waals surface area contributed by atoms with Gasteiger partial charge in [-0.25, -0.2) is 4.98 Å². The van der Waals surface area contributed by atoms with Crippen LogP contribution >= 0.6 is 15.9 Å². The summed E-state index contributed by atoms with van der Waals surface area (Å²) in [7, 11) is 0. The number of carbonyl (C=O) groups excluding carboxylic acids is 1. The lowest BCUT2D eigenvalue weighted by atomic mass is 10.0. The smallest absolute Gasteiger partial charge is 0.252 e. The highest BCUT2D eigenvalue weighted by molar-refractivity contribution is 9.10. The summed E-state index contributed by atoms with van der Waals surface area (Å²) in [4.78, 5) is 21.0. The lowest BCUT2D eigenvalue weighted by Gasteiger charge is -2.10. The van der Waals surface area contributed by atoms with Crippen LogP contribution in [0, 0.1) is 0 Å². The number of aromatic amines is 1. The van der Waals surface area contributed by atoms with Gasteiger partial charge < -0.3 is 16.0 Å². The normalized spacial score (nSPS) is 11.2. The number of para-hydroxylation sites is 1. The van der Waals surface area contributed by atoms with Gasteiger partial charge in [-0.05, 0) is 49.7 Å². The van der Waals surface area contributed by atoms with Gasteiger partial charge >= 0.3 is 0 Å². The van der Waals surface area contributed by atoms with Gasteiger partial charge in [0.05, 0.1) is 16.8 Å². The van der Waals surface area contributed by atoms with Crippen molar-refractivity contribution in [3.8, 4) is 11.3 Å². The number of unbranched alkanes of at least 4 members (excludes halogenated alkanes) is 1. The second-order valence-corrected chi connectivity index (χ2v) is 7.63. The Morgan fingerprint density at radius 1 is 1.11 bits per heavy atom. The number of nitrogens with two attached hydrogens (primary N) is 1. The van der Waals surface area contributed by atoms with Crippen molar-refractivity contribution in [2.45, 2.75) is 12.8 Å². The molecule has 0 radical (unpaired) electrons. The second-order valence-electron chi connectivity index (χ2n) is 6.72. The van der Waals surface area contributed by atoms with E-state index in [4.69, 9.17) is 10.7 Å². The molecule has 0 atom stereocenters. The molecule has 6 heteroatoms. The summed E-state index contributed by atoms with van der Waals surface area (Å²) in [6.45, 7) is 1.25. The Morgan fingerprint density at radius 3 is 2.82 bits per heavy atom. The fraction of sp³-hybridized carbons (Fsp3) is 0.182. The number of hydrogen-bond donors (Lipinski definition) is 3. The molecule has 0 fully saturated rings. The van der Waals surface area contributed by atoms with Crippen LogP contribution < -0.4 is 11.1 Å². The van der Waals surface area contributed by atoms with E-state index in [1.165, 1.54) is 0 Å². The molecule has 4 rings (SSSR count). The maximum Gasteiger partial charge on any atom is 0.252 e. The van der Waals surface area contributed by atoms with Gasteiger partial charge in [-0.2, -0.15) is 0 Å². The summed E-state index contributed by atoms with van der Waals surface area (Å²) in [5.41, 5.74) is 9.75. The Hall–Kier alpha value is -2.70. The van der Waals surface area contributed by atoms with Crippen LogP contribution in [0.5, 0.6) is 0 Å². The number of aromatic nitrogens is 2. The monoisotopic (exact) mass is 436 g/mol. The SMILES string of the molecule is NCCCCNC(=O)c1cc(-c2c[nH]c3ccc(Br)cc23)nc2ccccc12. The zero-order chi connectivity index (χ0) is 19.5. The highest BCUT2D eigenvalue weighted by atomic mass is 79.9. The Morgan fingerprint density at radius 2 is 1.96 bits per heavy atom. The molecule has 0 spiro atoms. The zero-order valence-electron chi connectivity index (χ0n) is 15.3. The van der Waals surface area contributed by atoms with Gasteiger partial charge in [-0.1, -0.05) is 34.1 Å². The van der Waals surface area contributed by atoms with Gasteiger partial charge in [0, 0.05) is 39.1 Å². The summed E-state index contributed by atoms with van der Waals surface area (Å²) in [6, 6.07) is 15.7. The maximum absolute atomic E-state index is 12.9. The minimum atomic E-state index is -0.0853. The average Bonchev–Trinajstić information content (AvgIpc) is 3.13. The fourth-order valence-electron chi connectivity index (χ4n) is 3.37. The number of carbonyl (C=O) groups is 1. The highest BCUT2D eigenvalue weighted by Crippen LogP contribution is 2.32. The van der Waals surface area contributed by atoms with E-state index < -0.39 is 0 Å². The van der Waals surface area contributed by atoms with E-state index >= 15 is 0 Å². The molecular formula is C22H21BrN4O. The van der Waals surface area contributed by atoms with Gasteiger partial charge in [0.25, 0.3) is 5.91 Å². The van der Waals surface area contributed by atoms with Crippen molar-refractivity contribution >= 4 is 43.6 Å². The number of H-pyrrole nitrogens is 1. The number of halogens is 1. The van der Waals surface area contributed by atoms with Crippen LogP contribution in [0.3, 0.4) is 0 Å². The van der Waals surface area contributed by atoms with Gasteiger partial charge in [0.1, 0.15) is 0 Å². The number of nitrogens with one attached hydrogen (secondary N) is 2. The molecule has 28 heavy (non-hydrogen) atoms. The van der Waals surface area contributed by atoms with Gasteiger partial charge in [0.15, 0.2) is 0 Å². The third-order valence-corrected chi connectivity index (χ3v) is 5.29. The van der Waals surface area contributed by atoms with Crippen molar-refractivity contribution in [1.29, 1.82) is 0 Å². The molecule has 2 aromatic carbocycles. The number of nitrogens with zero attached hydrogens (tertiary/aromatic N) is 1. The topological polar surface area (TPSA) is 83.8 Å². The molecule has 0 saturated heterocycles. The van der Waals surface area contributed by atoms with Crippen LogP contribution in [0.4, 0.5) is 0 Å². The molecule has 4 aromatic rings. The molecule has 5 nitrogen and oxygen atoms in total. The van der Waals surface area contributed by atoms with Gasteiger partial charge in [0.2, 0.25) is 0 Å². The number of rotatable bonds is 6. The number of pyridine rings is 1. The molecule has 0 aliphatic heterocycles. The Labute approximate surface area is 171 Å². The summed E-state index contributed by atoms with van der Waals surface area (Å²) >= 11 is 3.54. The number of hydrogen-bond acceptors (Lipinski definition) is 3. The summed E-state index contributed by atoms with van der Waals surface area (Å²) < 4.78 is 1.000. The molecule has 0 unspecified atom stereocenters. The summed E-state index contributed by atoms with van der Waals surface area (Å²) in [6.07, 6.45) is 3.71. The first-order chi connectivity index (χ1) is 13.7. The Balaban J connectivity index is 1.79. The van der Waals surface area contributed by atoms with Gasteiger partial charge in [-0.3, -0.25) is 4.79 Å². The molecule has 0 bridgehead atoms. The van der Waals surface area contributed by atoms with Crippen LogP contribution in [-0.4, -0.2) is 29.0 Å². The summed E-state index contributed by atoms with van der Waals surface area (Å²) in [5, 5.41) is 4.92. The average molecular weight is 437 g/mol. The lowest BCUT2D eigenvalue weighted by molar-refractivity contribution is 0.0954. The van der Waals surface area contributed by atoms with Crippen LogP contribution in [-0.2, 0) is 0 Å². The predicted molar refractivity (Wildman–Crippen MR) is 117 cm³/mol. The van der Waals surface area contributed by atoms with Crippen molar-refractivity contribution in [3.05, 3.63) is 64.8 Å². The van der Waals surface area contributed by atoms with Crippen molar-refractivity contribution in [2.24, 2.45) is 5.73 Å².